The Balaban J connectivity index is 1.94. The Labute approximate surface area is 135 Å². The molecule has 1 aromatic heterocycles. The zero-order valence-corrected chi connectivity index (χ0v) is 13.4. The maximum absolute atomic E-state index is 12.1. The molecule has 2 rings (SSSR count). The Morgan fingerprint density at radius 2 is 1.87 bits per heavy atom. The molecule has 0 aliphatic heterocycles. The monoisotopic (exact) mass is 313 g/mol. The van der Waals surface area contributed by atoms with Crippen LogP contribution in [0.5, 0.6) is 0 Å². The van der Waals surface area contributed by atoms with Gasteiger partial charge in [0.15, 0.2) is 11.9 Å². The molecule has 0 saturated carbocycles. The number of anilines is 1. The van der Waals surface area contributed by atoms with E-state index in [1.54, 1.807) is 24.3 Å². The minimum Gasteiger partial charge on any atom is -0.462 e. The summed E-state index contributed by atoms with van der Waals surface area (Å²) >= 11 is 0. The van der Waals surface area contributed by atoms with E-state index in [1.165, 1.54) is 0 Å². The molecule has 0 saturated heterocycles. The number of nitrogens with zero attached hydrogens (tertiary/aromatic N) is 1. The molecular weight excluding hydrogens is 292 g/mol. The van der Waals surface area contributed by atoms with Gasteiger partial charge in [0, 0.05) is 24.7 Å². The Hall–Kier alpha value is -2.69. The van der Waals surface area contributed by atoms with Crippen molar-refractivity contribution in [2.24, 2.45) is 0 Å². The molecule has 120 valence electrons. The van der Waals surface area contributed by atoms with Crippen LogP contribution in [0.4, 0.5) is 5.69 Å². The first-order chi connectivity index (χ1) is 11.1. The summed E-state index contributed by atoms with van der Waals surface area (Å²) in [6, 6.07) is 12.5. The molecule has 5 heteroatoms. The Kier molecular flexibility index (Phi) is 5.86. The fourth-order valence-electron chi connectivity index (χ4n) is 2.06. The molecule has 0 bridgehead atoms. The predicted molar refractivity (Wildman–Crippen MR) is 87.0 cm³/mol. The van der Waals surface area contributed by atoms with Crippen molar-refractivity contribution in [1.29, 1.82) is 0 Å². The van der Waals surface area contributed by atoms with Crippen molar-refractivity contribution in [3.63, 3.8) is 0 Å². The summed E-state index contributed by atoms with van der Waals surface area (Å²) in [5.74, 6) is -0.467. The van der Waals surface area contributed by atoms with Gasteiger partial charge in [-0.2, -0.15) is 4.57 Å². The van der Waals surface area contributed by atoms with E-state index in [4.69, 9.17) is 4.74 Å². The minimum absolute atomic E-state index is 0.120. The molecule has 0 aliphatic rings. The first kappa shape index (κ1) is 16.7. The number of amides is 1. The second kappa shape index (κ2) is 8.08. The number of carbonyl (C=O) groups excluding carboxylic acids is 2. The molecule has 0 fully saturated rings. The van der Waals surface area contributed by atoms with Crippen LogP contribution in [0.15, 0.2) is 48.7 Å². The Bertz CT molecular complexity index is 681. The van der Waals surface area contributed by atoms with Crippen molar-refractivity contribution in [3.8, 4) is 0 Å². The molecule has 1 aromatic carbocycles. The summed E-state index contributed by atoms with van der Waals surface area (Å²) in [6.45, 7) is 4.54. The Morgan fingerprint density at radius 3 is 2.52 bits per heavy atom. The lowest BCUT2D eigenvalue weighted by Crippen LogP contribution is -2.42. The largest absolute Gasteiger partial charge is 0.462 e. The third kappa shape index (κ3) is 4.92. The van der Waals surface area contributed by atoms with E-state index >= 15 is 0 Å². The average Bonchev–Trinajstić information content (AvgIpc) is 2.55. The SMILES string of the molecule is CCCOC(=O)c1ccc(NC(=O)C[n+]2ccccc2C)cc1. The summed E-state index contributed by atoms with van der Waals surface area (Å²) < 4.78 is 6.93. The number of aryl methyl sites for hydroxylation is 1. The van der Waals surface area contributed by atoms with E-state index in [-0.39, 0.29) is 18.4 Å². The fraction of sp³-hybridized carbons (Fsp3) is 0.278. The predicted octanol–water partition coefficient (Wildman–Crippen LogP) is 2.49. The van der Waals surface area contributed by atoms with Crippen LogP contribution < -0.4 is 9.88 Å². The van der Waals surface area contributed by atoms with Gasteiger partial charge in [-0.05, 0) is 30.7 Å². The number of esters is 1. The van der Waals surface area contributed by atoms with Crippen LogP contribution in [-0.2, 0) is 16.1 Å². The van der Waals surface area contributed by atoms with E-state index in [1.807, 2.05) is 42.8 Å². The molecule has 0 unspecified atom stereocenters. The molecule has 23 heavy (non-hydrogen) atoms. The number of aromatic nitrogens is 1. The van der Waals surface area contributed by atoms with Crippen molar-refractivity contribution in [2.45, 2.75) is 26.8 Å². The smallest absolute Gasteiger partial charge is 0.338 e. The zero-order chi connectivity index (χ0) is 16.7. The fourth-order valence-corrected chi connectivity index (χ4v) is 2.06. The van der Waals surface area contributed by atoms with E-state index < -0.39 is 0 Å². The summed E-state index contributed by atoms with van der Waals surface area (Å²) in [5, 5.41) is 2.82. The minimum atomic E-state index is -0.347. The van der Waals surface area contributed by atoms with E-state index in [0.29, 0.717) is 17.9 Å². The van der Waals surface area contributed by atoms with Crippen molar-refractivity contribution >= 4 is 17.6 Å². The Morgan fingerprint density at radius 1 is 1.13 bits per heavy atom. The summed E-state index contributed by atoms with van der Waals surface area (Å²) in [6.07, 6.45) is 2.65. The molecule has 0 spiro atoms. The number of rotatable bonds is 6. The summed E-state index contributed by atoms with van der Waals surface area (Å²) in [7, 11) is 0. The molecule has 0 aliphatic carbocycles. The number of carbonyl (C=O) groups is 2. The van der Waals surface area contributed by atoms with Gasteiger partial charge in [0.1, 0.15) is 0 Å². The van der Waals surface area contributed by atoms with Gasteiger partial charge in [-0.25, -0.2) is 4.79 Å². The highest BCUT2D eigenvalue weighted by Gasteiger charge is 2.12. The summed E-state index contributed by atoms with van der Waals surface area (Å²) in [5.41, 5.74) is 2.14. The van der Waals surface area contributed by atoms with Crippen molar-refractivity contribution in [3.05, 3.63) is 59.9 Å². The number of benzene rings is 1. The average molecular weight is 313 g/mol. The lowest BCUT2D eigenvalue weighted by Gasteiger charge is -2.06. The third-order valence-electron chi connectivity index (χ3n) is 3.32. The van der Waals surface area contributed by atoms with Gasteiger partial charge in [-0.3, -0.25) is 4.79 Å². The maximum atomic E-state index is 12.1. The first-order valence-electron chi connectivity index (χ1n) is 7.62. The van der Waals surface area contributed by atoms with Gasteiger partial charge in [-0.1, -0.05) is 13.0 Å². The zero-order valence-electron chi connectivity index (χ0n) is 13.4. The van der Waals surface area contributed by atoms with Crippen LogP contribution in [0.2, 0.25) is 0 Å². The number of ether oxygens (including phenoxy) is 1. The molecular formula is C18H21N2O3+. The van der Waals surface area contributed by atoms with Crippen molar-refractivity contribution in [2.75, 3.05) is 11.9 Å². The van der Waals surface area contributed by atoms with E-state index in [2.05, 4.69) is 5.32 Å². The quantitative estimate of drug-likeness (QED) is 0.658. The standard InChI is InChI=1S/C18H20N2O3/c1-3-12-23-18(22)15-7-9-16(10-8-15)19-17(21)13-20-11-5-4-6-14(20)2/h4-11H,3,12-13H2,1-2H3/p+1. The molecule has 0 radical (unpaired) electrons. The number of hydrogen-bond acceptors (Lipinski definition) is 3. The van der Waals surface area contributed by atoms with Crippen LogP contribution in [0, 0.1) is 6.92 Å². The van der Waals surface area contributed by atoms with Gasteiger partial charge in [0.2, 0.25) is 6.54 Å². The van der Waals surface area contributed by atoms with Gasteiger partial charge < -0.3 is 10.1 Å². The number of pyridine rings is 1. The van der Waals surface area contributed by atoms with Crippen LogP contribution in [-0.4, -0.2) is 18.5 Å². The van der Waals surface area contributed by atoms with Gasteiger partial charge in [0.25, 0.3) is 5.91 Å². The second-order valence-electron chi connectivity index (χ2n) is 5.23. The molecule has 1 heterocycles. The van der Waals surface area contributed by atoms with Gasteiger partial charge in [-0.15, -0.1) is 0 Å². The highest BCUT2D eigenvalue weighted by molar-refractivity contribution is 5.92. The van der Waals surface area contributed by atoms with Crippen molar-refractivity contribution in [1.82, 2.24) is 0 Å². The highest BCUT2D eigenvalue weighted by atomic mass is 16.5. The second-order valence-corrected chi connectivity index (χ2v) is 5.23. The highest BCUT2D eigenvalue weighted by Crippen LogP contribution is 2.10. The van der Waals surface area contributed by atoms with Gasteiger partial charge in [0.05, 0.1) is 12.2 Å². The lowest BCUT2D eigenvalue weighted by atomic mass is 10.2. The normalized spacial score (nSPS) is 10.2. The van der Waals surface area contributed by atoms with Crippen LogP contribution >= 0.6 is 0 Å². The van der Waals surface area contributed by atoms with Crippen LogP contribution in [0.25, 0.3) is 0 Å². The first-order valence-corrected chi connectivity index (χ1v) is 7.62. The molecule has 0 atom stereocenters. The van der Waals surface area contributed by atoms with E-state index in [9.17, 15) is 9.59 Å². The van der Waals surface area contributed by atoms with Gasteiger partial charge >= 0.3 is 5.97 Å². The van der Waals surface area contributed by atoms with Crippen LogP contribution in [0.1, 0.15) is 29.4 Å². The topological polar surface area (TPSA) is 59.3 Å². The molecule has 2 aromatic rings. The number of hydrogen-bond donors (Lipinski definition) is 1. The lowest BCUT2D eigenvalue weighted by molar-refractivity contribution is -0.690. The maximum Gasteiger partial charge on any atom is 0.338 e. The van der Waals surface area contributed by atoms with E-state index in [0.717, 1.165) is 12.1 Å². The number of nitrogens with one attached hydrogen (secondary N) is 1. The van der Waals surface area contributed by atoms with Crippen molar-refractivity contribution < 1.29 is 18.9 Å². The summed E-state index contributed by atoms with van der Waals surface area (Å²) in [4.78, 5) is 23.8. The third-order valence-corrected chi connectivity index (χ3v) is 3.32. The molecule has 1 N–H and O–H groups in total. The van der Waals surface area contributed by atoms with Crippen LogP contribution in [0.3, 0.4) is 0 Å². The molecule has 1 amide bonds. The molecule has 5 nitrogen and oxygen atoms in total.